The maximum Gasteiger partial charge on any atom is 0.286 e. The number of nitrogens with one attached hydrogen (secondary N) is 1. The highest BCUT2D eigenvalue weighted by Crippen LogP contribution is 2.14. The van der Waals surface area contributed by atoms with Crippen molar-refractivity contribution >= 4 is 17.0 Å². The second-order valence-corrected chi connectivity index (χ2v) is 4.14. The Bertz CT molecular complexity index is 686. The SMILES string of the molecule is O=C(NCCc1ccc2ncoc2c1)c1ccco1. The average Bonchev–Trinajstić information content (AvgIpc) is 3.09. The highest BCUT2D eigenvalue weighted by Gasteiger charge is 2.07. The van der Waals surface area contributed by atoms with Gasteiger partial charge in [-0.2, -0.15) is 0 Å². The fourth-order valence-corrected chi connectivity index (χ4v) is 1.87. The van der Waals surface area contributed by atoms with Crippen LogP contribution in [0.4, 0.5) is 0 Å². The summed E-state index contributed by atoms with van der Waals surface area (Å²) < 4.78 is 10.2. The van der Waals surface area contributed by atoms with Gasteiger partial charge < -0.3 is 14.2 Å². The number of nitrogens with zero attached hydrogens (tertiary/aromatic N) is 1. The minimum Gasteiger partial charge on any atom is -0.459 e. The summed E-state index contributed by atoms with van der Waals surface area (Å²) in [5, 5.41) is 2.80. The molecule has 0 fully saturated rings. The van der Waals surface area contributed by atoms with Crippen LogP contribution in [0.2, 0.25) is 0 Å². The van der Waals surface area contributed by atoms with Gasteiger partial charge in [-0.25, -0.2) is 4.98 Å². The predicted octanol–water partition coefficient (Wildman–Crippen LogP) is 2.39. The first-order valence-electron chi connectivity index (χ1n) is 5.97. The molecule has 19 heavy (non-hydrogen) atoms. The van der Waals surface area contributed by atoms with E-state index in [9.17, 15) is 4.79 Å². The lowest BCUT2D eigenvalue weighted by Gasteiger charge is -2.03. The van der Waals surface area contributed by atoms with Gasteiger partial charge >= 0.3 is 0 Å². The van der Waals surface area contributed by atoms with Crippen molar-refractivity contribution in [3.63, 3.8) is 0 Å². The zero-order valence-electron chi connectivity index (χ0n) is 10.1. The summed E-state index contributed by atoms with van der Waals surface area (Å²) in [7, 11) is 0. The highest BCUT2D eigenvalue weighted by atomic mass is 16.3. The van der Waals surface area contributed by atoms with E-state index in [0.717, 1.165) is 23.1 Å². The van der Waals surface area contributed by atoms with Crippen molar-refractivity contribution in [2.75, 3.05) is 6.54 Å². The molecule has 0 aliphatic carbocycles. The van der Waals surface area contributed by atoms with Gasteiger partial charge in [-0.3, -0.25) is 4.79 Å². The van der Waals surface area contributed by atoms with Gasteiger partial charge in [0.1, 0.15) is 5.52 Å². The largest absolute Gasteiger partial charge is 0.459 e. The Hall–Kier alpha value is -2.56. The zero-order valence-corrected chi connectivity index (χ0v) is 10.1. The molecule has 5 heteroatoms. The lowest BCUT2D eigenvalue weighted by Crippen LogP contribution is -2.25. The molecule has 96 valence electrons. The summed E-state index contributed by atoms with van der Waals surface area (Å²) in [5.41, 5.74) is 2.68. The average molecular weight is 256 g/mol. The molecule has 1 amide bonds. The van der Waals surface area contributed by atoms with E-state index in [1.54, 1.807) is 12.1 Å². The van der Waals surface area contributed by atoms with Crippen LogP contribution in [0, 0.1) is 0 Å². The number of benzene rings is 1. The smallest absolute Gasteiger partial charge is 0.286 e. The molecule has 3 aromatic rings. The third-order valence-corrected chi connectivity index (χ3v) is 2.84. The van der Waals surface area contributed by atoms with E-state index in [0.29, 0.717) is 12.3 Å². The lowest BCUT2D eigenvalue weighted by atomic mass is 10.1. The van der Waals surface area contributed by atoms with Crippen LogP contribution in [-0.4, -0.2) is 17.4 Å². The molecule has 0 atom stereocenters. The molecule has 1 aromatic carbocycles. The van der Waals surface area contributed by atoms with E-state index < -0.39 is 0 Å². The second-order valence-electron chi connectivity index (χ2n) is 4.14. The number of furan rings is 1. The molecule has 0 spiro atoms. The third kappa shape index (κ3) is 2.49. The van der Waals surface area contributed by atoms with E-state index in [1.807, 2.05) is 18.2 Å². The van der Waals surface area contributed by atoms with Gasteiger partial charge in [-0.05, 0) is 36.2 Å². The van der Waals surface area contributed by atoms with Crippen molar-refractivity contribution < 1.29 is 13.6 Å². The molecule has 3 rings (SSSR count). The van der Waals surface area contributed by atoms with Crippen LogP contribution >= 0.6 is 0 Å². The van der Waals surface area contributed by atoms with Gasteiger partial charge in [0, 0.05) is 6.54 Å². The Labute approximate surface area is 109 Å². The second kappa shape index (κ2) is 4.97. The molecular formula is C14H12N2O3. The number of hydrogen-bond donors (Lipinski definition) is 1. The van der Waals surface area contributed by atoms with Crippen molar-refractivity contribution in [1.82, 2.24) is 10.3 Å². The van der Waals surface area contributed by atoms with Gasteiger partial charge in [0.05, 0.1) is 6.26 Å². The molecule has 0 unspecified atom stereocenters. The van der Waals surface area contributed by atoms with Gasteiger partial charge in [0.15, 0.2) is 17.7 Å². The first kappa shape index (κ1) is 11.5. The summed E-state index contributed by atoms with van der Waals surface area (Å²) in [6.45, 7) is 0.541. The zero-order chi connectivity index (χ0) is 13.1. The van der Waals surface area contributed by atoms with Crippen LogP contribution in [0.1, 0.15) is 16.1 Å². The molecule has 2 aromatic heterocycles. The van der Waals surface area contributed by atoms with Crippen molar-refractivity contribution in [1.29, 1.82) is 0 Å². The van der Waals surface area contributed by atoms with Crippen molar-refractivity contribution in [3.8, 4) is 0 Å². The number of fused-ring (bicyclic) bond motifs is 1. The topological polar surface area (TPSA) is 68.3 Å². The van der Waals surface area contributed by atoms with Crippen LogP contribution in [0.25, 0.3) is 11.1 Å². The molecule has 0 radical (unpaired) electrons. The van der Waals surface area contributed by atoms with E-state index in [1.165, 1.54) is 12.7 Å². The number of carbonyl (C=O) groups excluding carboxylic acids is 1. The molecule has 0 aliphatic rings. The number of oxazole rings is 1. The standard InChI is InChI=1S/C14H12N2O3/c17-14(12-2-1-7-18-12)15-6-5-10-3-4-11-13(8-10)19-9-16-11/h1-4,7-9H,5-6H2,(H,15,17). The Morgan fingerprint density at radius 3 is 3.05 bits per heavy atom. The first-order valence-corrected chi connectivity index (χ1v) is 5.97. The van der Waals surface area contributed by atoms with Gasteiger partial charge in [-0.1, -0.05) is 6.07 Å². The molecule has 0 saturated carbocycles. The maximum atomic E-state index is 11.6. The lowest BCUT2D eigenvalue weighted by molar-refractivity contribution is 0.0926. The van der Waals surface area contributed by atoms with Crippen LogP contribution < -0.4 is 5.32 Å². The molecule has 0 saturated heterocycles. The predicted molar refractivity (Wildman–Crippen MR) is 68.8 cm³/mol. The quantitative estimate of drug-likeness (QED) is 0.778. The number of carbonyl (C=O) groups is 1. The first-order chi connectivity index (χ1) is 9.33. The monoisotopic (exact) mass is 256 g/mol. The molecule has 0 aliphatic heterocycles. The Morgan fingerprint density at radius 2 is 2.21 bits per heavy atom. The van der Waals surface area contributed by atoms with Crippen molar-refractivity contribution in [3.05, 3.63) is 54.3 Å². The van der Waals surface area contributed by atoms with E-state index >= 15 is 0 Å². The van der Waals surface area contributed by atoms with Gasteiger partial charge in [0.2, 0.25) is 0 Å². The van der Waals surface area contributed by atoms with E-state index in [2.05, 4.69) is 10.3 Å². The summed E-state index contributed by atoms with van der Waals surface area (Å²) >= 11 is 0. The normalized spacial score (nSPS) is 10.7. The van der Waals surface area contributed by atoms with Crippen molar-refractivity contribution in [2.24, 2.45) is 0 Å². The Balaban J connectivity index is 1.58. The van der Waals surface area contributed by atoms with Crippen LogP contribution in [0.3, 0.4) is 0 Å². The maximum absolute atomic E-state index is 11.6. The summed E-state index contributed by atoms with van der Waals surface area (Å²) in [4.78, 5) is 15.7. The summed E-state index contributed by atoms with van der Waals surface area (Å²) in [6.07, 6.45) is 3.63. The molecule has 2 heterocycles. The number of rotatable bonds is 4. The van der Waals surface area contributed by atoms with Crippen molar-refractivity contribution in [2.45, 2.75) is 6.42 Å². The summed E-state index contributed by atoms with van der Waals surface area (Å²) in [6, 6.07) is 9.14. The Kier molecular flexibility index (Phi) is 3.02. The number of amides is 1. The van der Waals surface area contributed by atoms with E-state index in [-0.39, 0.29) is 5.91 Å². The van der Waals surface area contributed by atoms with Crippen LogP contribution in [0.15, 0.2) is 51.8 Å². The molecule has 5 nitrogen and oxygen atoms in total. The van der Waals surface area contributed by atoms with Crippen LogP contribution in [0.5, 0.6) is 0 Å². The van der Waals surface area contributed by atoms with Gasteiger partial charge in [0.25, 0.3) is 5.91 Å². The number of aromatic nitrogens is 1. The van der Waals surface area contributed by atoms with E-state index in [4.69, 9.17) is 8.83 Å². The fraction of sp³-hybridized carbons (Fsp3) is 0.143. The minimum atomic E-state index is -0.203. The van der Waals surface area contributed by atoms with Gasteiger partial charge in [-0.15, -0.1) is 0 Å². The summed E-state index contributed by atoms with van der Waals surface area (Å²) in [5.74, 6) is 0.122. The molecular weight excluding hydrogens is 244 g/mol. The fourth-order valence-electron chi connectivity index (χ4n) is 1.87. The number of hydrogen-bond acceptors (Lipinski definition) is 4. The molecule has 0 bridgehead atoms. The van der Waals surface area contributed by atoms with Crippen LogP contribution in [-0.2, 0) is 6.42 Å². The minimum absolute atomic E-state index is 0.203. The Morgan fingerprint density at radius 1 is 1.26 bits per heavy atom. The molecule has 1 N–H and O–H groups in total. The third-order valence-electron chi connectivity index (χ3n) is 2.84. The highest BCUT2D eigenvalue weighted by molar-refractivity contribution is 5.91.